The van der Waals surface area contributed by atoms with Gasteiger partial charge in [0.1, 0.15) is 15.8 Å². The number of nitrogens with one attached hydrogen (secondary N) is 1. The van der Waals surface area contributed by atoms with Crippen LogP contribution in [-0.4, -0.2) is 37.6 Å². The van der Waals surface area contributed by atoms with Crippen molar-refractivity contribution in [2.75, 3.05) is 18.4 Å². The summed E-state index contributed by atoms with van der Waals surface area (Å²) in [5.74, 6) is 0.670. The van der Waals surface area contributed by atoms with Crippen molar-refractivity contribution in [1.82, 2.24) is 14.3 Å². The number of thioether (sulfide) groups is 1. The summed E-state index contributed by atoms with van der Waals surface area (Å²) >= 11 is 6.71. The number of rotatable bonds is 7. The number of aryl methyl sites for hydroxylation is 1. The van der Waals surface area contributed by atoms with E-state index in [2.05, 4.69) is 24.1 Å². The fourth-order valence-electron chi connectivity index (χ4n) is 3.53. The Kier molecular flexibility index (Phi) is 6.95. The molecule has 6 nitrogen and oxygen atoms in total. The average molecular weight is 479 g/mol. The molecule has 3 heterocycles. The molecule has 170 valence electrons. The summed E-state index contributed by atoms with van der Waals surface area (Å²) in [6, 6.07) is 13.7. The van der Waals surface area contributed by atoms with E-state index in [-0.39, 0.29) is 11.5 Å². The molecule has 1 fully saturated rings. The minimum Gasteiger partial charge on any atom is -0.369 e. The molecule has 0 bridgehead atoms. The molecule has 0 aliphatic carbocycles. The van der Waals surface area contributed by atoms with Gasteiger partial charge in [0, 0.05) is 19.3 Å². The van der Waals surface area contributed by atoms with E-state index in [1.807, 2.05) is 49.4 Å². The summed E-state index contributed by atoms with van der Waals surface area (Å²) in [7, 11) is 0. The van der Waals surface area contributed by atoms with Gasteiger partial charge in [-0.3, -0.25) is 18.9 Å². The van der Waals surface area contributed by atoms with Gasteiger partial charge in [-0.15, -0.1) is 0 Å². The molecule has 0 radical (unpaired) electrons. The van der Waals surface area contributed by atoms with Crippen molar-refractivity contribution in [3.63, 3.8) is 0 Å². The lowest BCUT2D eigenvalue weighted by Gasteiger charge is -2.14. The van der Waals surface area contributed by atoms with E-state index in [1.54, 1.807) is 17.2 Å². The number of fused-ring (bicyclic) bond motifs is 1. The van der Waals surface area contributed by atoms with Gasteiger partial charge in [0.2, 0.25) is 0 Å². The average Bonchev–Trinajstić information content (AvgIpc) is 3.06. The number of pyridine rings is 1. The first-order chi connectivity index (χ1) is 15.8. The molecule has 1 aliphatic rings. The predicted octanol–water partition coefficient (Wildman–Crippen LogP) is 4.51. The highest BCUT2D eigenvalue weighted by atomic mass is 32.2. The SMILES string of the molecule is Cc1ccc2nc(NCC(C)C)c(C=C3SC(=S)N(CCc4ccccc4)C3=O)c(=O)n2c1. The van der Waals surface area contributed by atoms with Gasteiger partial charge in [-0.25, -0.2) is 4.98 Å². The van der Waals surface area contributed by atoms with E-state index in [9.17, 15) is 9.59 Å². The Labute approximate surface area is 202 Å². The molecule has 1 N–H and O–H groups in total. The van der Waals surface area contributed by atoms with Crippen LogP contribution in [0.25, 0.3) is 11.7 Å². The van der Waals surface area contributed by atoms with E-state index in [4.69, 9.17) is 12.2 Å². The molecule has 8 heteroatoms. The molecular weight excluding hydrogens is 452 g/mol. The van der Waals surface area contributed by atoms with E-state index in [0.29, 0.717) is 51.7 Å². The molecule has 0 unspecified atom stereocenters. The minimum absolute atomic E-state index is 0.176. The third-order valence-electron chi connectivity index (χ3n) is 5.30. The van der Waals surface area contributed by atoms with Crippen molar-refractivity contribution in [1.29, 1.82) is 0 Å². The van der Waals surface area contributed by atoms with Crippen LogP contribution in [0.1, 0.15) is 30.5 Å². The monoisotopic (exact) mass is 478 g/mol. The zero-order valence-corrected chi connectivity index (χ0v) is 20.5. The normalized spacial score (nSPS) is 15.3. The van der Waals surface area contributed by atoms with Crippen molar-refractivity contribution in [3.05, 3.63) is 80.6 Å². The van der Waals surface area contributed by atoms with Gasteiger partial charge < -0.3 is 5.32 Å². The number of aromatic nitrogens is 2. The number of nitrogens with zero attached hydrogens (tertiary/aromatic N) is 3. The zero-order chi connectivity index (χ0) is 23.5. The van der Waals surface area contributed by atoms with Crippen molar-refractivity contribution < 1.29 is 4.79 Å². The minimum atomic E-state index is -0.218. The molecule has 0 saturated carbocycles. The molecule has 4 rings (SSSR count). The standard InChI is InChI=1S/C25H26N4O2S2/c1-16(2)14-26-22-19(23(30)29-15-17(3)9-10-21(29)27-22)13-20-24(31)28(25(32)33-20)12-11-18-7-5-4-6-8-18/h4-10,13,15-16,26H,11-12,14H2,1-3H3. The molecule has 1 saturated heterocycles. The Morgan fingerprint density at radius 1 is 1.15 bits per heavy atom. The van der Waals surface area contributed by atoms with Crippen LogP contribution in [0.15, 0.2) is 58.4 Å². The van der Waals surface area contributed by atoms with Crippen LogP contribution in [0, 0.1) is 12.8 Å². The van der Waals surface area contributed by atoms with Crippen LogP contribution < -0.4 is 10.9 Å². The molecule has 0 spiro atoms. The number of hydrogen-bond acceptors (Lipinski definition) is 6. The molecule has 2 aromatic heterocycles. The van der Waals surface area contributed by atoms with E-state index >= 15 is 0 Å². The van der Waals surface area contributed by atoms with Gasteiger partial charge in [-0.1, -0.05) is 74.2 Å². The second-order valence-corrected chi connectivity index (χ2v) is 10.1. The molecule has 1 aromatic carbocycles. The molecule has 1 aliphatic heterocycles. The maximum absolute atomic E-state index is 13.4. The first-order valence-electron chi connectivity index (χ1n) is 10.9. The highest BCUT2D eigenvalue weighted by Crippen LogP contribution is 2.33. The zero-order valence-electron chi connectivity index (χ0n) is 18.9. The van der Waals surface area contributed by atoms with Crippen LogP contribution in [0.4, 0.5) is 5.82 Å². The summed E-state index contributed by atoms with van der Waals surface area (Å²) in [6.07, 6.45) is 4.11. The molecule has 1 amide bonds. The van der Waals surface area contributed by atoms with Gasteiger partial charge in [-0.05, 0) is 42.5 Å². The summed E-state index contributed by atoms with van der Waals surface area (Å²) in [6.45, 7) is 7.25. The highest BCUT2D eigenvalue weighted by molar-refractivity contribution is 8.26. The molecule has 0 atom stereocenters. The lowest BCUT2D eigenvalue weighted by atomic mass is 10.1. The van der Waals surface area contributed by atoms with Crippen molar-refractivity contribution in [3.8, 4) is 0 Å². The fourth-order valence-corrected chi connectivity index (χ4v) is 4.82. The van der Waals surface area contributed by atoms with Crippen LogP contribution in [-0.2, 0) is 11.2 Å². The lowest BCUT2D eigenvalue weighted by Crippen LogP contribution is -2.30. The smallest absolute Gasteiger partial charge is 0.267 e. The van der Waals surface area contributed by atoms with Crippen molar-refractivity contribution in [2.45, 2.75) is 27.2 Å². The first-order valence-corrected chi connectivity index (χ1v) is 12.1. The second kappa shape index (κ2) is 9.89. The molecule has 3 aromatic rings. The van der Waals surface area contributed by atoms with Gasteiger partial charge in [0.05, 0.1) is 10.5 Å². The summed E-state index contributed by atoms with van der Waals surface area (Å²) in [5, 5.41) is 3.28. The van der Waals surface area contributed by atoms with Crippen LogP contribution >= 0.6 is 24.0 Å². The molecule has 33 heavy (non-hydrogen) atoms. The summed E-state index contributed by atoms with van der Waals surface area (Å²) in [5.41, 5.74) is 2.80. The molecular formula is C25H26N4O2S2. The number of carbonyl (C=O) groups excluding carboxylic acids is 1. The quantitative estimate of drug-likeness (QED) is 0.398. The van der Waals surface area contributed by atoms with Crippen LogP contribution in [0.5, 0.6) is 0 Å². The van der Waals surface area contributed by atoms with E-state index in [1.165, 1.54) is 16.2 Å². The lowest BCUT2D eigenvalue weighted by molar-refractivity contribution is -0.122. The Morgan fingerprint density at radius 3 is 2.64 bits per heavy atom. The van der Waals surface area contributed by atoms with Crippen molar-refractivity contribution >= 4 is 51.7 Å². The van der Waals surface area contributed by atoms with Gasteiger partial charge in [-0.2, -0.15) is 0 Å². The Morgan fingerprint density at radius 2 is 1.91 bits per heavy atom. The van der Waals surface area contributed by atoms with Crippen LogP contribution in [0.3, 0.4) is 0 Å². The third-order valence-corrected chi connectivity index (χ3v) is 6.68. The Hall–Kier alpha value is -2.97. The largest absolute Gasteiger partial charge is 0.369 e. The number of anilines is 1. The third kappa shape index (κ3) is 5.17. The number of thiocarbonyl (C=S) groups is 1. The maximum atomic E-state index is 13.4. The Balaban J connectivity index is 1.68. The summed E-state index contributed by atoms with van der Waals surface area (Å²) < 4.78 is 2.03. The second-order valence-electron chi connectivity index (χ2n) is 8.46. The first kappa shape index (κ1) is 23.2. The summed E-state index contributed by atoms with van der Waals surface area (Å²) in [4.78, 5) is 33.2. The maximum Gasteiger partial charge on any atom is 0.267 e. The van der Waals surface area contributed by atoms with Gasteiger partial charge >= 0.3 is 0 Å². The highest BCUT2D eigenvalue weighted by Gasteiger charge is 2.32. The van der Waals surface area contributed by atoms with E-state index < -0.39 is 0 Å². The van der Waals surface area contributed by atoms with Crippen molar-refractivity contribution in [2.24, 2.45) is 5.92 Å². The topological polar surface area (TPSA) is 66.7 Å². The van der Waals surface area contributed by atoms with Crippen LogP contribution in [0.2, 0.25) is 0 Å². The Bertz CT molecular complexity index is 1300. The predicted molar refractivity (Wildman–Crippen MR) is 140 cm³/mol. The number of benzene rings is 1. The van der Waals surface area contributed by atoms with Gasteiger partial charge in [0.15, 0.2) is 0 Å². The number of hydrogen-bond donors (Lipinski definition) is 1. The fraction of sp³-hybridized carbons (Fsp3) is 0.280. The number of amides is 1. The number of carbonyl (C=O) groups is 1. The van der Waals surface area contributed by atoms with E-state index in [0.717, 1.165) is 11.1 Å². The van der Waals surface area contributed by atoms with Gasteiger partial charge in [0.25, 0.3) is 11.5 Å².